The van der Waals surface area contributed by atoms with Gasteiger partial charge >= 0.3 is 0 Å². The number of nitrogens with zero attached hydrogens (tertiary/aromatic N) is 1. The molecule has 0 radical (unpaired) electrons. The van der Waals surface area contributed by atoms with Crippen molar-refractivity contribution in [2.75, 3.05) is 13.1 Å². The van der Waals surface area contributed by atoms with Crippen molar-refractivity contribution in [1.82, 2.24) is 4.31 Å². The van der Waals surface area contributed by atoms with Crippen LogP contribution in [0.1, 0.15) is 24.6 Å². The molecule has 4 nitrogen and oxygen atoms in total. The van der Waals surface area contributed by atoms with Crippen LogP contribution >= 0.6 is 27.3 Å². The van der Waals surface area contributed by atoms with Crippen molar-refractivity contribution >= 4 is 37.3 Å². The largest absolute Gasteiger partial charge is 0.328 e. The van der Waals surface area contributed by atoms with Gasteiger partial charge in [0.05, 0.1) is 8.68 Å². The van der Waals surface area contributed by atoms with Gasteiger partial charge in [-0.05, 0) is 54.6 Å². The summed E-state index contributed by atoms with van der Waals surface area (Å²) in [5, 5.41) is 0. The Kier molecular flexibility index (Phi) is 4.72. The average Bonchev–Trinajstić information content (AvgIpc) is 2.69. The molecule has 0 aliphatic carbocycles. The van der Waals surface area contributed by atoms with Crippen LogP contribution in [0.5, 0.6) is 0 Å². The monoisotopic (exact) mass is 366 g/mol. The summed E-state index contributed by atoms with van der Waals surface area (Å²) in [6.07, 6.45) is 1.89. The van der Waals surface area contributed by atoms with Gasteiger partial charge in [-0.25, -0.2) is 8.42 Å². The second-order valence-electron chi connectivity index (χ2n) is 5.10. The molecule has 19 heavy (non-hydrogen) atoms. The minimum Gasteiger partial charge on any atom is -0.328 e. The summed E-state index contributed by atoms with van der Waals surface area (Å²) in [6.45, 7) is 4.92. The number of sulfonamides is 1. The van der Waals surface area contributed by atoms with Gasteiger partial charge in [-0.3, -0.25) is 0 Å². The van der Waals surface area contributed by atoms with Crippen LogP contribution < -0.4 is 5.73 Å². The maximum Gasteiger partial charge on any atom is 0.244 e. The van der Waals surface area contributed by atoms with Crippen molar-refractivity contribution in [3.05, 3.63) is 14.7 Å². The van der Waals surface area contributed by atoms with E-state index in [-0.39, 0.29) is 12.0 Å². The number of aryl methyl sites for hydroxylation is 1. The molecule has 2 N–H and O–H groups in total. The van der Waals surface area contributed by atoms with Crippen LogP contribution in [0.3, 0.4) is 0 Å². The molecule has 0 bridgehead atoms. The van der Waals surface area contributed by atoms with Crippen LogP contribution in [0, 0.1) is 12.8 Å². The van der Waals surface area contributed by atoms with Crippen molar-refractivity contribution in [2.45, 2.75) is 37.6 Å². The molecule has 0 unspecified atom stereocenters. The highest BCUT2D eigenvalue weighted by Gasteiger charge is 2.33. The molecule has 1 aliphatic rings. The number of thiophene rings is 1. The van der Waals surface area contributed by atoms with Crippen LogP contribution in [0.4, 0.5) is 0 Å². The Balaban J connectivity index is 2.27. The highest BCUT2D eigenvalue weighted by Crippen LogP contribution is 2.33. The third-order valence-electron chi connectivity index (χ3n) is 3.62. The third kappa shape index (κ3) is 3.21. The molecule has 108 valence electrons. The minimum atomic E-state index is -3.38. The Hall–Kier alpha value is 0.0500. The minimum absolute atomic E-state index is 0.0355. The fourth-order valence-electron chi connectivity index (χ4n) is 2.45. The van der Waals surface area contributed by atoms with Gasteiger partial charge < -0.3 is 5.73 Å². The van der Waals surface area contributed by atoms with E-state index in [0.29, 0.717) is 18.0 Å². The van der Waals surface area contributed by atoms with Crippen molar-refractivity contribution in [3.8, 4) is 0 Å². The van der Waals surface area contributed by atoms with E-state index < -0.39 is 10.0 Å². The summed E-state index contributed by atoms with van der Waals surface area (Å²) in [7, 11) is -3.38. The maximum atomic E-state index is 12.7. The lowest BCUT2D eigenvalue weighted by Crippen LogP contribution is -2.44. The Morgan fingerprint density at radius 1 is 1.58 bits per heavy atom. The predicted octanol–water partition coefficient (Wildman–Crippen LogP) is 2.57. The quantitative estimate of drug-likeness (QED) is 0.893. The number of piperidine rings is 1. The molecular weight excluding hydrogens is 348 g/mol. The zero-order valence-electron chi connectivity index (χ0n) is 11.1. The first-order valence-electron chi connectivity index (χ1n) is 6.34. The second-order valence-corrected chi connectivity index (χ2v) is 9.64. The fraction of sp³-hybridized carbons (Fsp3) is 0.667. The molecule has 2 atom stereocenters. The molecule has 1 saturated heterocycles. The molecule has 2 rings (SSSR count). The lowest BCUT2D eigenvalue weighted by atomic mass is 9.93. The van der Waals surface area contributed by atoms with E-state index in [1.807, 2.05) is 13.8 Å². The van der Waals surface area contributed by atoms with Gasteiger partial charge in [0.25, 0.3) is 0 Å². The first-order chi connectivity index (χ1) is 8.82. The van der Waals surface area contributed by atoms with Gasteiger partial charge in [-0.15, -0.1) is 11.3 Å². The standard InChI is InChI=1S/C12H19BrN2O2S2/c1-8(14)10-4-3-5-15(7-10)19(16,17)11-6-12(13)18-9(11)2/h6,8,10H,3-5,7,14H2,1-2H3/t8-,10+/m1/s1. The Bertz CT molecular complexity index is 554. The predicted molar refractivity (Wildman–Crippen MR) is 81.9 cm³/mol. The van der Waals surface area contributed by atoms with E-state index in [9.17, 15) is 8.42 Å². The third-order valence-corrected chi connectivity index (χ3v) is 7.30. The first-order valence-corrected chi connectivity index (χ1v) is 9.39. The van der Waals surface area contributed by atoms with Gasteiger partial charge in [0, 0.05) is 24.0 Å². The molecule has 0 aromatic carbocycles. The number of hydrogen-bond acceptors (Lipinski definition) is 4. The van der Waals surface area contributed by atoms with E-state index in [1.54, 1.807) is 10.4 Å². The zero-order chi connectivity index (χ0) is 14.2. The highest BCUT2D eigenvalue weighted by molar-refractivity contribution is 9.11. The van der Waals surface area contributed by atoms with E-state index >= 15 is 0 Å². The lowest BCUT2D eigenvalue weighted by Gasteiger charge is -2.33. The molecular formula is C12H19BrN2O2S2. The van der Waals surface area contributed by atoms with Gasteiger partial charge in [0.1, 0.15) is 0 Å². The molecule has 0 amide bonds. The lowest BCUT2D eigenvalue weighted by molar-refractivity contribution is 0.243. The highest BCUT2D eigenvalue weighted by atomic mass is 79.9. The second kappa shape index (κ2) is 5.81. The Morgan fingerprint density at radius 2 is 2.26 bits per heavy atom. The van der Waals surface area contributed by atoms with Crippen molar-refractivity contribution < 1.29 is 8.42 Å². The summed E-state index contributed by atoms with van der Waals surface area (Å²) in [6, 6.07) is 1.73. The molecule has 7 heteroatoms. The van der Waals surface area contributed by atoms with Crippen LogP contribution in [0.2, 0.25) is 0 Å². The van der Waals surface area contributed by atoms with Crippen LogP contribution in [-0.4, -0.2) is 31.9 Å². The SMILES string of the molecule is Cc1sc(Br)cc1S(=O)(=O)N1CCC[C@H]([C@@H](C)N)C1. The first kappa shape index (κ1) is 15.4. The number of rotatable bonds is 3. The topological polar surface area (TPSA) is 63.4 Å². The van der Waals surface area contributed by atoms with E-state index in [2.05, 4.69) is 15.9 Å². The Morgan fingerprint density at radius 3 is 2.79 bits per heavy atom. The number of nitrogens with two attached hydrogens (primary N) is 1. The van der Waals surface area contributed by atoms with Gasteiger partial charge in [-0.1, -0.05) is 0 Å². The van der Waals surface area contributed by atoms with Crippen molar-refractivity contribution in [2.24, 2.45) is 11.7 Å². The van der Waals surface area contributed by atoms with Gasteiger partial charge in [0.15, 0.2) is 0 Å². The summed E-state index contributed by atoms with van der Waals surface area (Å²) in [4.78, 5) is 1.25. The van der Waals surface area contributed by atoms with Gasteiger partial charge in [0.2, 0.25) is 10.0 Å². The normalized spacial score (nSPS) is 23.5. The van der Waals surface area contributed by atoms with E-state index in [1.165, 1.54) is 11.3 Å². The summed E-state index contributed by atoms with van der Waals surface area (Å²) >= 11 is 4.80. The molecule has 1 aliphatic heterocycles. The maximum absolute atomic E-state index is 12.7. The van der Waals surface area contributed by atoms with Gasteiger partial charge in [-0.2, -0.15) is 4.31 Å². The molecule has 1 aromatic rings. The molecule has 0 saturated carbocycles. The Labute approximate surface area is 127 Å². The molecule has 1 fully saturated rings. The smallest absolute Gasteiger partial charge is 0.244 e. The summed E-state index contributed by atoms with van der Waals surface area (Å²) < 4.78 is 27.8. The van der Waals surface area contributed by atoms with Crippen LogP contribution in [-0.2, 0) is 10.0 Å². The summed E-state index contributed by atoms with van der Waals surface area (Å²) in [5.74, 6) is 0.255. The number of hydrogen-bond donors (Lipinski definition) is 1. The average molecular weight is 367 g/mol. The molecule has 2 heterocycles. The zero-order valence-corrected chi connectivity index (χ0v) is 14.3. The van der Waals surface area contributed by atoms with E-state index in [0.717, 1.165) is 21.5 Å². The molecule has 0 spiro atoms. The van der Waals surface area contributed by atoms with Crippen LogP contribution in [0.25, 0.3) is 0 Å². The van der Waals surface area contributed by atoms with E-state index in [4.69, 9.17) is 5.73 Å². The van der Waals surface area contributed by atoms with Crippen LogP contribution in [0.15, 0.2) is 14.7 Å². The summed E-state index contributed by atoms with van der Waals surface area (Å²) in [5.41, 5.74) is 5.92. The van der Waals surface area contributed by atoms with Crippen molar-refractivity contribution in [3.63, 3.8) is 0 Å². The number of halogens is 1. The fourth-order valence-corrected chi connectivity index (χ4v) is 6.37. The van der Waals surface area contributed by atoms with Crippen molar-refractivity contribution in [1.29, 1.82) is 0 Å². The molecule has 1 aromatic heterocycles.